The highest BCUT2D eigenvalue weighted by atomic mass is 79.9. The summed E-state index contributed by atoms with van der Waals surface area (Å²) >= 11 is 2.93. The fraction of sp³-hybridized carbons (Fsp3) is 0.182. The van der Waals surface area contributed by atoms with Crippen LogP contribution in [0.4, 0.5) is 13.2 Å². The summed E-state index contributed by atoms with van der Waals surface area (Å²) in [5.41, 5.74) is 6.46. The van der Waals surface area contributed by atoms with Crippen LogP contribution in [0.1, 0.15) is 11.1 Å². The van der Waals surface area contributed by atoms with Crippen molar-refractivity contribution in [2.75, 3.05) is 7.11 Å². The minimum absolute atomic E-state index is 0.227. The van der Waals surface area contributed by atoms with E-state index < -0.39 is 23.4 Å². The Morgan fingerprint density at radius 3 is 2.65 bits per heavy atom. The zero-order valence-electron chi connectivity index (χ0n) is 9.98. The van der Waals surface area contributed by atoms with Gasteiger partial charge in [-0.1, -0.05) is 27.1 Å². The first-order valence-electron chi connectivity index (χ1n) is 5.01. The number of nitrogens with zero attached hydrogens (tertiary/aromatic N) is 3. The van der Waals surface area contributed by atoms with E-state index >= 15 is 0 Å². The molecule has 0 aliphatic heterocycles. The molecule has 1 rings (SSSR count). The highest BCUT2D eigenvalue weighted by molar-refractivity contribution is 9.10. The van der Waals surface area contributed by atoms with Gasteiger partial charge in [0.25, 0.3) is 0 Å². The van der Waals surface area contributed by atoms with Crippen molar-refractivity contribution >= 4 is 28.0 Å². The molecule has 0 aliphatic rings. The largest absolute Gasteiger partial charge is 0.466 e. The SMILES string of the molecule is COC(=O)/C(=C/c1ccc(Br)cc1C(F)(F)F)N=[N+]=[N-]. The van der Waals surface area contributed by atoms with Crippen LogP contribution in [0.2, 0.25) is 0 Å². The van der Waals surface area contributed by atoms with Crippen LogP contribution >= 0.6 is 15.9 Å². The molecule has 0 fully saturated rings. The molecule has 106 valence electrons. The number of benzene rings is 1. The zero-order chi connectivity index (χ0) is 15.3. The van der Waals surface area contributed by atoms with Crippen molar-refractivity contribution in [1.29, 1.82) is 0 Å². The van der Waals surface area contributed by atoms with Crippen molar-refractivity contribution in [3.63, 3.8) is 0 Å². The number of carbonyl (C=O) groups excluding carboxylic acids is 1. The van der Waals surface area contributed by atoms with Gasteiger partial charge in [-0.15, -0.1) is 0 Å². The molecule has 0 unspecified atom stereocenters. The normalized spacial score (nSPS) is 11.8. The first kappa shape index (κ1) is 16.1. The highest BCUT2D eigenvalue weighted by Gasteiger charge is 2.33. The number of rotatable bonds is 3. The Kier molecular flexibility index (Phi) is 5.18. The third-order valence-electron chi connectivity index (χ3n) is 2.16. The molecule has 5 nitrogen and oxygen atoms in total. The predicted molar refractivity (Wildman–Crippen MR) is 68.3 cm³/mol. The van der Waals surface area contributed by atoms with E-state index in [-0.39, 0.29) is 10.0 Å². The zero-order valence-corrected chi connectivity index (χ0v) is 11.6. The van der Waals surface area contributed by atoms with Crippen LogP contribution < -0.4 is 0 Å². The highest BCUT2D eigenvalue weighted by Crippen LogP contribution is 2.35. The lowest BCUT2D eigenvalue weighted by molar-refractivity contribution is -0.138. The van der Waals surface area contributed by atoms with Gasteiger partial charge < -0.3 is 4.74 Å². The first-order valence-corrected chi connectivity index (χ1v) is 5.80. The summed E-state index contributed by atoms with van der Waals surface area (Å²) in [5.74, 6) is -1.03. The van der Waals surface area contributed by atoms with Crippen LogP contribution in [0.25, 0.3) is 16.5 Å². The van der Waals surface area contributed by atoms with Crippen LogP contribution in [-0.2, 0) is 15.7 Å². The monoisotopic (exact) mass is 349 g/mol. The Hall–Kier alpha value is -1.99. The third-order valence-corrected chi connectivity index (χ3v) is 2.65. The molecule has 0 saturated carbocycles. The predicted octanol–water partition coefficient (Wildman–Crippen LogP) is 4.29. The van der Waals surface area contributed by atoms with Gasteiger partial charge in [0.1, 0.15) is 5.70 Å². The summed E-state index contributed by atoms with van der Waals surface area (Å²) in [6.45, 7) is 0. The van der Waals surface area contributed by atoms with Crippen molar-refractivity contribution in [3.05, 3.63) is 49.9 Å². The summed E-state index contributed by atoms with van der Waals surface area (Å²) in [7, 11) is 1.02. The molecule has 0 N–H and O–H groups in total. The lowest BCUT2D eigenvalue weighted by atomic mass is 10.1. The quantitative estimate of drug-likeness (QED) is 0.268. The lowest BCUT2D eigenvalue weighted by Gasteiger charge is -2.11. The number of halogens is 4. The van der Waals surface area contributed by atoms with Crippen LogP contribution in [0.3, 0.4) is 0 Å². The second kappa shape index (κ2) is 6.44. The van der Waals surface area contributed by atoms with E-state index in [4.69, 9.17) is 5.53 Å². The average molecular weight is 350 g/mol. The maximum Gasteiger partial charge on any atom is 0.417 e. The number of hydrogen-bond donors (Lipinski definition) is 0. The number of alkyl halides is 3. The maximum atomic E-state index is 12.9. The minimum Gasteiger partial charge on any atom is -0.466 e. The number of azide groups is 1. The van der Waals surface area contributed by atoms with E-state index in [1.54, 1.807) is 0 Å². The Morgan fingerprint density at radius 1 is 1.50 bits per heavy atom. The average Bonchev–Trinajstić information content (AvgIpc) is 2.38. The van der Waals surface area contributed by atoms with Crippen molar-refractivity contribution in [1.82, 2.24) is 0 Å². The van der Waals surface area contributed by atoms with Gasteiger partial charge >= 0.3 is 12.1 Å². The summed E-state index contributed by atoms with van der Waals surface area (Å²) in [6.07, 6.45) is -3.80. The van der Waals surface area contributed by atoms with Crippen molar-refractivity contribution in [2.24, 2.45) is 5.11 Å². The smallest absolute Gasteiger partial charge is 0.417 e. The standard InChI is InChI=1S/C11H7BrF3N3O2/c1-20-10(19)9(17-18-16)4-6-2-3-7(12)5-8(6)11(13,14)15/h2-5H,1H3/b9-4-. The van der Waals surface area contributed by atoms with E-state index in [1.807, 2.05) is 0 Å². The molecule has 0 aromatic heterocycles. The fourth-order valence-electron chi connectivity index (χ4n) is 1.33. The number of esters is 1. The van der Waals surface area contributed by atoms with Gasteiger partial charge in [0.2, 0.25) is 0 Å². The van der Waals surface area contributed by atoms with Gasteiger partial charge in [0, 0.05) is 9.38 Å². The molecule has 1 aromatic rings. The topological polar surface area (TPSA) is 75.1 Å². The van der Waals surface area contributed by atoms with Gasteiger partial charge in [-0.25, -0.2) is 4.79 Å². The molecule has 0 atom stereocenters. The Morgan fingerprint density at radius 2 is 2.15 bits per heavy atom. The van der Waals surface area contributed by atoms with Gasteiger partial charge in [-0.3, -0.25) is 0 Å². The molecular formula is C11H7BrF3N3O2. The van der Waals surface area contributed by atoms with Crippen molar-refractivity contribution in [2.45, 2.75) is 6.18 Å². The number of carbonyl (C=O) groups is 1. The van der Waals surface area contributed by atoms with E-state index in [0.29, 0.717) is 0 Å². The summed E-state index contributed by atoms with van der Waals surface area (Å²) in [5, 5.41) is 3.02. The van der Waals surface area contributed by atoms with E-state index in [1.165, 1.54) is 6.07 Å². The second-order valence-corrected chi connectivity index (χ2v) is 4.36. The molecular weight excluding hydrogens is 343 g/mol. The Bertz CT molecular complexity index is 607. The summed E-state index contributed by atoms with van der Waals surface area (Å²) in [6, 6.07) is 3.37. The number of ether oxygens (including phenoxy) is 1. The molecule has 9 heteroatoms. The molecule has 0 heterocycles. The van der Waals surface area contributed by atoms with Crippen LogP contribution in [0, 0.1) is 0 Å². The second-order valence-electron chi connectivity index (χ2n) is 3.44. The van der Waals surface area contributed by atoms with Crippen LogP contribution in [0.5, 0.6) is 0 Å². The molecule has 0 spiro atoms. The molecule has 0 radical (unpaired) electrons. The molecule has 0 amide bonds. The minimum atomic E-state index is -4.62. The van der Waals surface area contributed by atoms with E-state index in [2.05, 4.69) is 30.7 Å². The van der Waals surface area contributed by atoms with Gasteiger partial charge in [0.05, 0.1) is 12.7 Å². The van der Waals surface area contributed by atoms with Gasteiger partial charge in [-0.05, 0) is 29.3 Å². The van der Waals surface area contributed by atoms with Crippen molar-refractivity contribution in [3.8, 4) is 0 Å². The number of methoxy groups -OCH3 is 1. The lowest BCUT2D eigenvalue weighted by Crippen LogP contribution is -2.08. The molecule has 0 saturated heterocycles. The molecule has 0 bridgehead atoms. The van der Waals surface area contributed by atoms with Crippen molar-refractivity contribution < 1.29 is 22.7 Å². The van der Waals surface area contributed by atoms with Crippen LogP contribution in [-0.4, -0.2) is 13.1 Å². The maximum absolute atomic E-state index is 12.9. The fourth-order valence-corrected chi connectivity index (χ4v) is 1.69. The number of hydrogen-bond acceptors (Lipinski definition) is 3. The van der Waals surface area contributed by atoms with Gasteiger partial charge in [0.15, 0.2) is 0 Å². The summed E-state index contributed by atoms with van der Waals surface area (Å²) in [4.78, 5) is 13.7. The van der Waals surface area contributed by atoms with Crippen LogP contribution in [0.15, 0.2) is 33.5 Å². The third kappa shape index (κ3) is 4.01. The molecule has 0 aliphatic carbocycles. The summed E-state index contributed by atoms with van der Waals surface area (Å²) < 4.78 is 43.2. The molecule has 20 heavy (non-hydrogen) atoms. The molecule has 1 aromatic carbocycles. The Balaban J connectivity index is 3.45. The van der Waals surface area contributed by atoms with E-state index in [9.17, 15) is 18.0 Å². The Labute approximate surface area is 119 Å². The first-order chi connectivity index (χ1) is 9.29. The van der Waals surface area contributed by atoms with E-state index in [0.717, 1.165) is 25.3 Å². The van der Waals surface area contributed by atoms with Gasteiger partial charge in [-0.2, -0.15) is 13.2 Å².